The highest BCUT2D eigenvalue weighted by molar-refractivity contribution is 5.89. The Morgan fingerprint density at radius 2 is 1.86 bits per heavy atom. The first kappa shape index (κ1) is 21.5. The Bertz CT molecular complexity index is 850. The number of hydrogen-bond donors (Lipinski definition) is 2. The lowest BCUT2D eigenvalue weighted by Crippen LogP contribution is -2.45. The van der Waals surface area contributed by atoms with Gasteiger partial charge in [-0.3, -0.25) is 9.59 Å². The molecular formula is C21H28N2O5. The van der Waals surface area contributed by atoms with E-state index in [1.54, 1.807) is 27.7 Å². The fourth-order valence-corrected chi connectivity index (χ4v) is 2.90. The van der Waals surface area contributed by atoms with Crippen molar-refractivity contribution >= 4 is 28.7 Å². The minimum atomic E-state index is -0.849. The van der Waals surface area contributed by atoms with E-state index in [4.69, 9.17) is 9.47 Å². The zero-order chi connectivity index (χ0) is 20.9. The first-order valence-electron chi connectivity index (χ1n) is 9.25. The van der Waals surface area contributed by atoms with Crippen LogP contribution in [-0.2, 0) is 30.3 Å². The van der Waals surface area contributed by atoms with Crippen LogP contribution in [0.3, 0.4) is 0 Å². The highest BCUT2D eigenvalue weighted by Gasteiger charge is 2.27. The lowest BCUT2D eigenvalue weighted by Gasteiger charge is -2.22. The summed E-state index contributed by atoms with van der Waals surface area (Å²) < 4.78 is 10.1. The Balaban J connectivity index is 2.06. The molecule has 2 aromatic rings. The van der Waals surface area contributed by atoms with Crippen LogP contribution < -0.4 is 5.32 Å². The predicted molar refractivity (Wildman–Crippen MR) is 106 cm³/mol. The summed E-state index contributed by atoms with van der Waals surface area (Å²) >= 11 is 0. The number of methoxy groups -OCH3 is 1. The Hall–Kier alpha value is -2.83. The molecule has 28 heavy (non-hydrogen) atoms. The first-order valence-corrected chi connectivity index (χ1v) is 9.25. The lowest BCUT2D eigenvalue weighted by atomic mass is 10.0. The lowest BCUT2D eigenvalue weighted by molar-refractivity contribution is -0.157. The predicted octanol–water partition coefficient (Wildman–Crippen LogP) is 2.74. The standard InChI is InChI=1S/C21H28N2O5/c1-13(10-18(24)28-21(2,3)4)19(25)23-17(20(26)27-5)11-14-12-22-16-9-7-6-8-15(14)16/h6-9,12-13,17,22H,10-11H2,1-5H3,(H,23,25)/t13-,17+/m1/s1. The van der Waals surface area contributed by atoms with Crippen LogP contribution in [0.15, 0.2) is 30.5 Å². The summed E-state index contributed by atoms with van der Waals surface area (Å²) in [6, 6.07) is 6.86. The van der Waals surface area contributed by atoms with E-state index in [1.807, 2.05) is 30.5 Å². The van der Waals surface area contributed by atoms with Crippen LogP contribution in [-0.4, -0.2) is 41.6 Å². The molecule has 7 nitrogen and oxygen atoms in total. The van der Waals surface area contributed by atoms with E-state index in [1.165, 1.54) is 7.11 Å². The smallest absolute Gasteiger partial charge is 0.328 e. The number of esters is 2. The molecule has 0 aliphatic heterocycles. The average Bonchev–Trinajstić information content (AvgIpc) is 3.01. The van der Waals surface area contributed by atoms with Crippen LogP contribution >= 0.6 is 0 Å². The van der Waals surface area contributed by atoms with E-state index in [0.29, 0.717) is 0 Å². The number of aromatic amines is 1. The van der Waals surface area contributed by atoms with E-state index in [2.05, 4.69) is 10.3 Å². The molecule has 0 aliphatic carbocycles. The number of fused-ring (bicyclic) bond motifs is 1. The third-order valence-electron chi connectivity index (χ3n) is 4.24. The molecule has 0 aliphatic rings. The summed E-state index contributed by atoms with van der Waals surface area (Å²) in [5.74, 6) is -2.03. The van der Waals surface area contributed by atoms with Crippen molar-refractivity contribution in [3.8, 4) is 0 Å². The highest BCUT2D eigenvalue weighted by Crippen LogP contribution is 2.20. The topological polar surface area (TPSA) is 97.5 Å². The molecule has 2 N–H and O–H groups in total. The molecule has 0 unspecified atom stereocenters. The normalized spacial score (nSPS) is 13.6. The Morgan fingerprint density at radius 3 is 2.50 bits per heavy atom. The molecule has 0 saturated carbocycles. The molecule has 0 bridgehead atoms. The van der Waals surface area contributed by atoms with Crippen molar-refractivity contribution in [3.05, 3.63) is 36.0 Å². The monoisotopic (exact) mass is 388 g/mol. The summed E-state index contributed by atoms with van der Waals surface area (Å²) in [5, 5.41) is 3.68. The summed E-state index contributed by atoms with van der Waals surface area (Å²) in [6.45, 7) is 6.93. The molecule has 7 heteroatoms. The second-order valence-electron chi connectivity index (χ2n) is 7.84. The van der Waals surface area contributed by atoms with E-state index in [0.717, 1.165) is 16.5 Å². The van der Waals surface area contributed by atoms with Gasteiger partial charge in [-0.05, 0) is 32.4 Å². The maximum atomic E-state index is 12.5. The van der Waals surface area contributed by atoms with Gasteiger partial charge in [0.05, 0.1) is 13.5 Å². The van der Waals surface area contributed by atoms with Crippen molar-refractivity contribution in [1.29, 1.82) is 0 Å². The third kappa shape index (κ3) is 5.84. The van der Waals surface area contributed by atoms with Gasteiger partial charge < -0.3 is 19.8 Å². The maximum absolute atomic E-state index is 12.5. The Labute approximate surface area is 164 Å². The van der Waals surface area contributed by atoms with Gasteiger partial charge in [-0.1, -0.05) is 25.1 Å². The van der Waals surface area contributed by atoms with Gasteiger partial charge in [0.2, 0.25) is 5.91 Å². The van der Waals surface area contributed by atoms with Crippen LogP contribution in [0.2, 0.25) is 0 Å². The van der Waals surface area contributed by atoms with E-state index in [-0.39, 0.29) is 12.8 Å². The maximum Gasteiger partial charge on any atom is 0.328 e. The van der Waals surface area contributed by atoms with Crippen molar-refractivity contribution < 1.29 is 23.9 Å². The molecule has 1 amide bonds. The largest absolute Gasteiger partial charge is 0.467 e. The first-order chi connectivity index (χ1) is 13.1. The van der Waals surface area contributed by atoms with Gasteiger partial charge in [0, 0.05) is 29.4 Å². The minimum Gasteiger partial charge on any atom is -0.467 e. The number of aromatic nitrogens is 1. The van der Waals surface area contributed by atoms with Crippen LogP contribution in [0, 0.1) is 5.92 Å². The van der Waals surface area contributed by atoms with Crippen LogP contribution in [0.25, 0.3) is 10.9 Å². The number of rotatable bonds is 7. The van der Waals surface area contributed by atoms with Gasteiger partial charge in [-0.2, -0.15) is 0 Å². The van der Waals surface area contributed by atoms with Gasteiger partial charge >= 0.3 is 11.9 Å². The number of amides is 1. The molecule has 0 fully saturated rings. The Kier molecular flexibility index (Phi) is 6.83. The quantitative estimate of drug-likeness (QED) is 0.711. The highest BCUT2D eigenvalue weighted by atomic mass is 16.6. The third-order valence-corrected chi connectivity index (χ3v) is 4.24. The summed E-state index contributed by atoms with van der Waals surface area (Å²) in [4.78, 5) is 39.8. The minimum absolute atomic E-state index is 0.0654. The van der Waals surface area contributed by atoms with E-state index >= 15 is 0 Å². The molecule has 1 aromatic heterocycles. The van der Waals surface area contributed by atoms with Gasteiger partial charge in [0.1, 0.15) is 11.6 Å². The van der Waals surface area contributed by atoms with Crippen molar-refractivity contribution in [2.45, 2.75) is 52.2 Å². The number of para-hydroxylation sites is 1. The van der Waals surface area contributed by atoms with Crippen molar-refractivity contribution in [2.24, 2.45) is 5.92 Å². The van der Waals surface area contributed by atoms with Gasteiger partial charge in [-0.25, -0.2) is 4.79 Å². The van der Waals surface area contributed by atoms with Crippen LogP contribution in [0.1, 0.15) is 39.7 Å². The fourth-order valence-electron chi connectivity index (χ4n) is 2.90. The number of ether oxygens (including phenoxy) is 2. The van der Waals surface area contributed by atoms with Gasteiger partial charge in [0.15, 0.2) is 0 Å². The zero-order valence-electron chi connectivity index (χ0n) is 17.0. The summed E-state index contributed by atoms with van der Waals surface area (Å²) in [7, 11) is 1.28. The number of carbonyl (C=O) groups excluding carboxylic acids is 3. The molecule has 1 heterocycles. The van der Waals surface area contributed by atoms with Crippen molar-refractivity contribution in [3.63, 3.8) is 0 Å². The Morgan fingerprint density at radius 1 is 1.18 bits per heavy atom. The molecule has 2 atom stereocenters. The summed E-state index contributed by atoms with van der Waals surface area (Å²) in [6.07, 6.45) is 2.03. The van der Waals surface area contributed by atoms with Crippen molar-refractivity contribution in [2.75, 3.05) is 7.11 Å². The number of hydrogen-bond acceptors (Lipinski definition) is 5. The molecule has 152 valence electrons. The molecule has 2 rings (SSSR count). The zero-order valence-corrected chi connectivity index (χ0v) is 17.0. The van der Waals surface area contributed by atoms with Crippen molar-refractivity contribution in [1.82, 2.24) is 10.3 Å². The second-order valence-corrected chi connectivity index (χ2v) is 7.84. The molecule has 0 spiro atoms. The van der Waals surface area contributed by atoms with E-state index in [9.17, 15) is 14.4 Å². The number of H-pyrrole nitrogens is 1. The molecule has 0 saturated heterocycles. The molecule has 0 radical (unpaired) electrons. The molecule has 1 aromatic carbocycles. The van der Waals surface area contributed by atoms with Gasteiger partial charge in [-0.15, -0.1) is 0 Å². The number of benzene rings is 1. The summed E-state index contributed by atoms with van der Waals surface area (Å²) in [5.41, 5.74) is 1.23. The van der Waals surface area contributed by atoms with Crippen LogP contribution in [0.5, 0.6) is 0 Å². The fraction of sp³-hybridized carbons (Fsp3) is 0.476. The average molecular weight is 388 g/mol. The van der Waals surface area contributed by atoms with Crippen LogP contribution in [0.4, 0.5) is 0 Å². The van der Waals surface area contributed by atoms with Gasteiger partial charge in [0.25, 0.3) is 0 Å². The number of carbonyl (C=O) groups is 3. The second kappa shape index (κ2) is 8.91. The van der Waals surface area contributed by atoms with E-state index < -0.39 is 35.4 Å². The number of nitrogens with one attached hydrogen (secondary N) is 2. The molecular weight excluding hydrogens is 360 g/mol. The SMILES string of the molecule is COC(=O)[C@H](Cc1c[nH]c2ccccc12)NC(=O)[C@H](C)CC(=O)OC(C)(C)C.